The predicted octanol–water partition coefficient (Wildman–Crippen LogP) is 2.32. The van der Waals surface area contributed by atoms with Gasteiger partial charge in [0.2, 0.25) is 0 Å². The van der Waals surface area contributed by atoms with Gasteiger partial charge in [-0.1, -0.05) is 12.1 Å². The van der Waals surface area contributed by atoms with Crippen LogP contribution in [0.4, 0.5) is 0 Å². The summed E-state index contributed by atoms with van der Waals surface area (Å²) in [5.74, 6) is 0.356. The molecule has 0 spiro atoms. The summed E-state index contributed by atoms with van der Waals surface area (Å²) in [5.41, 5.74) is 1.30. The quantitative estimate of drug-likeness (QED) is 0.766. The maximum atomic E-state index is 13.0. The van der Waals surface area contributed by atoms with E-state index in [-0.39, 0.29) is 41.2 Å². The van der Waals surface area contributed by atoms with Crippen LogP contribution in [0.15, 0.2) is 36.4 Å². The number of carbonyl (C=O) groups excluding carboxylic acids is 1. The number of nitrogens with two attached hydrogens (primary N) is 1. The average Bonchev–Trinajstić information content (AvgIpc) is 2.68. The lowest BCUT2D eigenvalue weighted by molar-refractivity contribution is -0.748. The Labute approximate surface area is 158 Å². The fraction of sp³-hybridized carbons (Fsp3) is 0.381. The number of benzene rings is 2. The molecule has 0 unspecified atom stereocenters. The number of piperidine rings is 1. The zero-order valence-corrected chi connectivity index (χ0v) is 16.0. The van der Waals surface area contributed by atoms with Gasteiger partial charge in [-0.15, -0.1) is 0 Å². The van der Waals surface area contributed by atoms with E-state index in [1.54, 1.807) is 36.4 Å². The first-order valence-electron chi connectivity index (χ1n) is 9.01. The van der Waals surface area contributed by atoms with Gasteiger partial charge >= 0.3 is 0 Å². The smallest absolute Gasteiger partial charge is 0.166 e. The van der Waals surface area contributed by atoms with Crippen molar-refractivity contribution in [2.75, 3.05) is 14.2 Å². The molecule has 144 valence electrons. The molecule has 2 aromatic rings. The summed E-state index contributed by atoms with van der Waals surface area (Å²) in [6.07, 6.45) is 0. The van der Waals surface area contributed by atoms with Crippen LogP contribution >= 0.6 is 0 Å². The van der Waals surface area contributed by atoms with Gasteiger partial charge in [-0.2, -0.15) is 0 Å². The maximum absolute atomic E-state index is 13.0. The molecule has 1 fully saturated rings. The predicted molar refractivity (Wildman–Crippen MR) is 100 cm³/mol. The summed E-state index contributed by atoms with van der Waals surface area (Å²) < 4.78 is 10.4. The molecule has 4 N–H and O–H groups in total. The van der Waals surface area contributed by atoms with Crippen molar-refractivity contribution in [3.05, 3.63) is 47.5 Å². The Morgan fingerprint density at radius 1 is 0.815 bits per heavy atom. The first-order chi connectivity index (χ1) is 12.9. The molecule has 4 atom stereocenters. The number of ether oxygens (including phenoxy) is 2. The molecule has 1 aliphatic rings. The third-order valence-corrected chi connectivity index (χ3v) is 5.61. The Bertz CT molecular complexity index is 783. The molecule has 27 heavy (non-hydrogen) atoms. The fourth-order valence-electron chi connectivity index (χ4n) is 4.02. The van der Waals surface area contributed by atoms with E-state index >= 15 is 0 Å². The summed E-state index contributed by atoms with van der Waals surface area (Å²) in [4.78, 5) is 13.0. The number of ketones is 1. The van der Waals surface area contributed by atoms with Gasteiger partial charge in [0.05, 0.1) is 37.2 Å². The van der Waals surface area contributed by atoms with Crippen LogP contribution in [0.5, 0.6) is 23.0 Å². The first kappa shape index (κ1) is 19.0. The summed E-state index contributed by atoms with van der Waals surface area (Å²) in [6.45, 7) is 3.75. The Morgan fingerprint density at radius 2 is 1.22 bits per heavy atom. The Morgan fingerprint density at radius 3 is 1.59 bits per heavy atom. The molecular weight excluding hydrogens is 346 g/mol. The minimum atomic E-state index is -0.292. The summed E-state index contributed by atoms with van der Waals surface area (Å²) in [7, 11) is 2.99. The Balaban J connectivity index is 2.05. The number of hydrogen-bond acceptors (Lipinski definition) is 5. The Hall–Kier alpha value is -2.73. The molecule has 1 heterocycles. The number of methoxy groups -OCH3 is 2. The number of quaternary nitrogens is 1. The molecular formula is C21H26NO5+. The number of phenolic OH excluding ortho intramolecular Hbond substituents is 2. The topological polar surface area (TPSA) is 92.6 Å². The lowest BCUT2D eigenvalue weighted by atomic mass is 9.76. The SMILES string of the molecule is COc1cccc([C@H]2[NH2+][C@@H](c3cccc(OC)c3O)[C@H](C)C(=O)[C@H]2C)c1O. The van der Waals surface area contributed by atoms with Crippen molar-refractivity contribution in [1.29, 1.82) is 0 Å². The minimum absolute atomic E-state index is 0.0454. The second kappa shape index (κ2) is 7.48. The number of phenols is 2. The Kier molecular flexibility index (Phi) is 5.28. The van der Waals surface area contributed by atoms with Gasteiger partial charge in [-0.25, -0.2) is 0 Å². The standard InChI is InChI=1S/C21H25NO5/c1-11-17(13-7-5-9-15(26-3)20(13)24)22-18(12(2)19(11)23)14-8-6-10-16(27-4)21(14)25/h5-12,17-18,22,24-25H,1-4H3/p+1/t11-,12-,17-,18+/m0/s1. The number of Topliss-reactive ketones (excluding diaryl/α,β-unsaturated/α-hetero) is 1. The van der Waals surface area contributed by atoms with Crippen molar-refractivity contribution < 1.29 is 29.8 Å². The lowest BCUT2D eigenvalue weighted by Gasteiger charge is -2.36. The average molecular weight is 372 g/mol. The van der Waals surface area contributed by atoms with Crippen LogP contribution in [0.1, 0.15) is 37.1 Å². The van der Waals surface area contributed by atoms with Gasteiger partial charge in [0.15, 0.2) is 28.8 Å². The van der Waals surface area contributed by atoms with E-state index in [9.17, 15) is 15.0 Å². The van der Waals surface area contributed by atoms with Gasteiger partial charge in [-0.05, 0) is 38.1 Å². The van der Waals surface area contributed by atoms with Gasteiger partial charge in [0, 0.05) is 0 Å². The molecule has 0 amide bonds. The van der Waals surface area contributed by atoms with Gasteiger partial charge in [0.1, 0.15) is 12.1 Å². The second-order valence-electron chi connectivity index (χ2n) is 7.02. The minimum Gasteiger partial charge on any atom is -0.504 e. The van der Waals surface area contributed by atoms with E-state index in [1.807, 2.05) is 19.2 Å². The first-order valence-corrected chi connectivity index (χ1v) is 9.01. The number of carbonyl (C=O) groups is 1. The zero-order valence-electron chi connectivity index (χ0n) is 16.0. The zero-order chi connectivity index (χ0) is 19.7. The molecule has 6 heteroatoms. The second-order valence-corrected chi connectivity index (χ2v) is 7.02. The van der Waals surface area contributed by atoms with Crippen molar-refractivity contribution in [3.63, 3.8) is 0 Å². The molecule has 1 aliphatic heterocycles. The van der Waals surface area contributed by atoms with E-state index in [0.717, 1.165) is 0 Å². The van der Waals surface area contributed by atoms with Crippen molar-refractivity contribution in [1.82, 2.24) is 0 Å². The summed E-state index contributed by atoms with van der Waals surface area (Å²) in [5, 5.41) is 23.2. The fourth-order valence-corrected chi connectivity index (χ4v) is 4.02. The van der Waals surface area contributed by atoms with Crippen LogP contribution in [0.2, 0.25) is 0 Å². The molecule has 0 aromatic heterocycles. The third kappa shape index (κ3) is 3.21. The number of rotatable bonds is 4. The van der Waals surface area contributed by atoms with Crippen molar-refractivity contribution >= 4 is 5.78 Å². The van der Waals surface area contributed by atoms with Crippen LogP contribution in [-0.2, 0) is 4.79 Å². The van der Waals surface area contributed by atoms with Crippen molar-refractivity contribution in [2.45, 2.75) is 25.9 Å². The van der Waals surface area contributed by atoms with Crippen molar-refractivity contribution in [3.8, 4) is 23.0 Å². The highest BCUT2D eigenvalue weighted by Gasteiger charge is 2.45. The van der Waals surface area contributed by atoms with Gasteiger partial charge < -0.3 is 25.0 Å². The molecule has 3 rings (SSSR count). The van der Waals surface area contributed by atoms with Gasteiger partial charge in [-0.3, -0.25) is 4.79 Å². The molecule has 6 nitrogen and oxygen atoms in total. The normalized spacial score (nSPS) is 25.3. The number of hydrogen-bond donors (Lipinski definition) is 3. The summed E-state index contributed by atoms with van der Waals surface area (Å²) >= 11 is 0. The molecule has 0 radical (unpaired) electrons. The largest absolute Gasteiger partial charge is 0.504 e. The highest BCUT2D eigenvalue weighted by molar-refractivity contribution is 5.85. The van der Waals surface area contributed by atoms with Crippen LogP contribution in [0.3, 0.4) is 0 Å². The van der Waals surface area contributed by atoms with E-state index in [4.69, 9.17) is 9.47 Å². The number of para-hydroxylation sites is 2. The van der Waals surface area contributed by atoms with Crippen LogP contribution in [0.25, 0.3) is 0 Å². The van der Waals surface area contributed by atoms with Crippen LogP contribution < -0.4 is 14.8 Å². The molecule has 0 saturated carbocycles. The highest BCUT2D eigenvalue weighted by atomic mass is 16.5. The van der Waals surface area contributed by atoms with E-state index in [0.29, 0.717) is 22.6 Å². The molecule has 2 aromatic carbocycles. The lowest BCUT2D eigenvalue weighted by Crippen LogP contribution is -2.91. The molecule has 1 saturated heterocycles. The molecule has 0 bridgehead atoms. The monoisotopic (exact) mass is 372 g/mol. The van der Waals surface area contributed by atoms with Gasteiger partial charge in [0.25, 0.3) is 0 Å². The maximum Gasteiger partial charge on any atom is 0.166 e. The third-order valence-electron chi connectivity index (χ3n) is 5.61. The van der Waals surface area contributed by atoms with Crippen LogP contribution in [-0.4, -0.2) is 30.2 Å². The van der Waals surface area contributed by atoms with Crippen LogP contribution in [0, 0.1) is 11.8 Å². The highest BCUT2D eigenvalue weighted by Crippen LogP contribution is 2.41. The van der Waals surface area contributed by atoms with E-state index in [1.165, 1.54) is 14.2 Å². The van der Waals surface area contributed by atoms with Crippen molar-refractivity contribution in [2.24, 2.45) is 11.8 Å². The molecule has 0 aliphatic carbocycles. The van der Waals surface area contributed by atoms with E-state index in [2.05, 4.69) is 0 Å². The number of aromatic hydroxyl groups is 2. The van der Waals surface area contributed by atoms with E-state index < -0.39 is 0 Å². The summed E-state index contributed by atoms with van der Waals surface area (Å²) in [6, 6.07) is 10.00.